The fraction of sp³-hybridized carbons (Fsp3) is 0.333. The Labute approximate surface area is 95.7 Å². The van der Waals surface area contributed by atoms with E-state index >= 15 is 0 Å². The molecule has 0 radical (unpaired) electrons. The van der Waals surface area contributed by atoms with E-state index in [0.29, 0.717) is 0 Å². The highest BCUT2D eigenvalue weighted by molar-refractivity contribution is 7.80. The van der Waals surface area contributed by atoms with Crippen molar-refractivity contribution in [2.75, 3.05) is 6.79 Å². The Morgan fingerprint density at radius 2 is 2.12 bits per heavy atom. The molecular formula is C9H13NO5S. The molecule has 0 saturated carbocycles. The van der Waals surface area contributed by atoms with Crippen molar-refractivity contribution in [3.05, 3.63) is 34.4 Å². The van der Waals surface area contributed by atoms with Crippen molar-refractivity contribution in [1.29, 1.82) is 0 Å². The maximum atomic E-state index is 11.1. The molecule has 1 unspecified atom stereocenters. The highest BCUT2D eigenvalue weighted by Gasteiger charge is 2.10. The molecule has 0 amide bonds. The molecule has 1 N–H and O–H groups in total. The summed E-state index contributed by atoms with van der Waals surface area (Å²) in [5, 5.41) is 18.7. The van der Waals surface area contributed by atoms with Gasteiger partial charge in [0.15, 0.2) is 17.9 Å². The molecule has 16 heavy (non-hydrogen) atoms. The largest absolute Gasteiger partial charge is 0.369 e. The number of aliphatic hydroxyl groups is 1. The normalized spacial score (nSPS) is 11.2. The second kappa shape index (κ2) is 7.91. The molecule has 0 spiro atoms. The van der Waals surface area contributed by atoms with E-state index in [1.54, 1.807) is 0 Å². The number of hydrogen-bond donors (Lipinski definition) is 1. The third-order valence-corrected chi connectivity index (χ3v) is 2.34. The molecule has 6 nitrogen and oxygen atoms in total. The molecule has 0 aromatic heterocycles. The van der Waals surface area contributed by atoms with Crippen molar-refractivity contribution < 1.29 is 18.4 Å². The molecular weight excluding hydrogens is 234 g/mol. The Hall–Kier alpha value is -1.31. The third kappa shape index (κ3) is 4.47. The van der Waals surface area contributed by atoms with Crippen LogP contribution < -0.4 is 0 Å². The van der Waals surface area contributed by atoms with Gasteiger partial charge in [0.1, 0.15) is 0 Å². The first-order chi connectivity index (χ1) is 7.65. The van der Waals surface area contributed by atoms with E-state index in [9.17, 15) is 14.3 Å². The lowest BCUT2D eigenvalue weighted by Gasteiger charge is -1.99. The van der Waals surface area contributed by atoms with Crippen LogP contribution in [0, 0.1) is 10.1 Å². The number of nitro groups is 1. The van der Waals surface area contributed by atoms with Gasteiger partial charge in [0.05, 0.1) is 9.82 Å². The minimum absolute atomic E-state index is 0.147. The van der Waals surface area contributed by atoms with Crippen LogP contribution in [0.3, 0.4) is 0 Å². The summed E-state index contributed by atoms with van der Waals surface area (Å²) in [5.74, 6) is 0. The lowest BCUT2D eigenvalue weighted by atomic mass is 10.3. The Kier molecular flexibility index (Phi) is 7.27. The summed E-state index contributed by atoms with van der Waals surface area (Å²) in [6, 6.07) is 5.22. The van der Waals surface area contributed by atoms with Crippen molar-refractivity contribution in [3.63, 3.8) is 0 Å². The maximum absolute atomic E-state index is 11.1. The van der Waals surface area contributed by atoms with Crippen LogP contribution in [-0.4, -0.2) is 21.0 Å². The fourth-order valence-electron chi connectivity index (χ4n) is 0.817. The van der Waals surface area contributed by atoms with Gasteiger partial charge in [0.25, 0.3) is 5.69 Å². The number of non-ortho nitro benzene ring substituents is 1. The lowest BCUT2D eigenvalue weighted by molar-refractivity contribution is -0.385. The first-order valence-corrected chi connectivity index (χ1v) is 5.63. The number of nitro benzene ring substituents is 1. The predicted octanol–water partition coefficient (Wildman–Crippen LogP) is 1.61. The molecule has 1 aromatic rings. The molecule has 0 aliphatic rings. The summed E-state index contributed by atoms with van der Waals surface area (Å²) in [7, 11) is 0. The van der Waals surface area contributed by atoms with Gasteiger partial charge in [-0.2, -0.15) is 0 Å². The van der Waals surface area contributed by atoms with Crippen molar-refractivity contribution in [2.24, 2.45) is 0 Å². The smallest absolute Gasteiger partial charge is 0.270 e. The van der Waals surface area contributed by atoms with E-state index in [2.05, 4.69) is 4.18 Å². The molecule has 0 aliphatic carbocycles. The van der Waals surface area contributed by atoms with Gasteiger partial charge in [0, 0.05) is 12.1 Å². The molecule has 1 rings (SSSR count). The zero-order valence-corrected chi connectivity index (χ0v) is 9.77. The van der Waals surface area contributed by atoms with Gasteiger partial charge in [-0.3, -0.25) is 14.3 Å². The molecule has 0 heterocycles. The first-order valence-electron chi connectivity index (χ1n) is 4.55. The fourth-order valence-corrected chi connectivity index (χ4v) is 1.46. The van der Waals surface area contributed by atoms with Gasteiger partial charge in [-0.15, -0.1) is 0 Å². The van der Waals surface area contributed by atoms with Crippen LogP contribution in [0.25, 0.3) is 0 Å². The maximum Gasteiger partial charge on any atom is 0.270 e. The highest BCUT2D eigenvalue weighted by atomic mass is 32.2. The molecule has 7 heteroatoms. The van der Waals surface area contributed by atoms with Gasteiger partial charge in [-0.1, -0.05) is 19.9 Å². The van der Waals surface area contributed by atoms with Gasteiger partial charge in [0.2, 0.25) is 0 Å². The van der Waals surface area contributed by atoms with Crippen molar-refractivity contribution in [3.8, 4) is 0 Å². The molecule has 90 valence electrons. The van der Waals surface area contributed by atoms with E-state index in [1.807, 2.05) is 13.8 Å². The minimum atomic E-state index is -1.86. The molecule has 0 fully saturated rings. The molecule has 1 aromatic carbocycles. The van der Waals surface area contributed by atoms with Crippen molar-refractivity contribution in [1.82, 2.24) is 0 Å². The molecule has 0 aliphatic heterocycles. The second-order valence-corrected chi connectivity index (χ2v) is 3.41. The first kappa shape index (κ1) is 14.7. The molecule has 0 bridgehead atoms. The number of aliphatic hydroxyl groups excluding tert-OH is 1. The van der Waals surface area contributed by atoms with E-state index in [-0.39, 0.29) is 10.6 Å². The van der Waals surface area contributed by atoms with Gasteiger partial charge >= 0.3 is 0 Å². The van der Waals surface area contributed by atoms with Gasteiger partial charge < -0.3 is 5.11 Å². The van der Waals surface area contributed by atoms with E-state index in [1.165, 1.54) is 18.2 Å². The zero-order chi connectivity index (χ0) is 12.6. The number of rotatable bonds is 4. The standard InChI is InChI=1S/C7H7NO5S.C2H6/c9-5-13-14(12)7-3-1-2-6(4-7)8(10)11;1-2/h1-4,9H,5H2;1-2H3. The molecule has 1 atom stereocenters. The van der Waals surface area contributed by atoms with Crippen LogP contribution in [0.1, 0.15) is 13.8 Å². The Morgan fingerprint density at radius 1 is 1.50 bits per heavy atom. The summed E-state index contributed by atoms with van der Waals surface area (Å²) in [6.45, 7) is 3.30. The van der Waals surface area contributed by atoms with Crippen molar-refractivity contribution >= 4 is 16.8 Å². The zero-order valence-electron chi connectivity index (χ0n) is 8.95. The summed E-state index contributed by atoms with van der Waals surface area (Å²) >= 11 is -1.86. The summed E-state index contributed by atoms with van der Waals surface area (Å²) in [4.78, 5) is 9.90. The number of nitrogens with zero attached hydrogens (tertiary/aromatic N) is 1. The number of hydrogen-bond acceptors (Lipinski definition) is 5. The third-order valence-electron chi connectivity index (χ3n) is 1.38. The van der Waals surface area contributed by atoms with E-state index in [4.69, 9.17) is 5.11 Å². The second-order valence-electron chi connectivity index (χ2n) is 2.24. The topological polar surface area (TPSA) is 89.7 Å². The van der Waals surface area contributed by atoms with Crippen LogP contribution >= 0.6 is 0 Å². The SMILES string of the molecule is CC.O=[N+]([O-])c1cccc(S(=O)OCO)c1. The van der Waals surface area contributed by atoms with Crippen LogP contribution in [0.15, 0.2) is 29.2 Å². The van der Waals surface area contributed by atoms with Crippen LogP contribution in [0.2, 0.25) is 0 Å². The Balaban J connectivity index is 0.00000106. The lowest BCUT2D eigenvalue weighted by Crippen LogP contribution is -1.99. The van der Waals surface area contributed by atoms with Gasteiger partial charge in [-0.05, 0) is 6.07 Å². The van der Waals surface area contributed by atoms with Crippen LogP contribution in [0.4, 0.5) is 5.69 Å². The highest BCUT2D eigenvalue weighted by Crippen LogP contribution is 2.16. The predicted molar refractivity (Wildman–Crippen MR) is 59.0 cm³/mol. The minimum Gasteiger partial charge on any atom is -0.369 e. The monoisotopic (exact) mass is 247 g/mol. The van der Waals surface area contributed by atoms with Crippen LogP contribution in [0.5, 0.6) is 0 Å². The van der Waals surface area contributed by atoms with Crippen LogP contribution in [-0.2, 0) is 15.3 Å². The van der Waals surface area contributed by atoms with Gasteiger partial charge in [-0.25, -0.2) is 4.21 Å². The Morgan fingerprint density at radius 3 is 2.62 bits per heavy atom. The van der Waals surface area contributed by atoms with E-state index in [0.717, 1.165) is 6.07 Å². The summed E-state index contributed by atoms with van der Waals surface area (Å²) in [6.07, 6.45) is 0. The molecule has 0 saturated heterocycles. The van der Waals surface area contributed by atoms with Crippen molar-refractivity contribution in [2.45, 2.75) is 18.7 Å². The average molecular weight is 247 g/mol. The summed E-state index contributed by atoms with van der Waals surface area (Å²) < 4.78 is 15.5. The quantitative estimate of drug-likeness (QED) is 0.496. The number of benzene rings is 1. The Bertz CT molecular complexity index is 369. The van der Waals surface area contributed by atoms with E-state index < -0.39 is 22.8 Å². The average Bonchev–Trinajstić information content (AvgIpc) is 2.32. The summed E-state index contributed by atoms with van der Waals surface area (Å²) in [5.41, 5.74) is -0.169.